The SMILES string of the molecule is CCO[C@H](C)[C@H](NC(=O)[C@H](C)CC)C(=O)N1CCC[C@H]1CN(CCc1ccc(F)cc1)C(=O)c1cn2c(n1)CCC2. The third-order valence-corrected chi connectivity index (χ3v) is 8.36. The minimum absolute atomic E-state index is 0.169. The summed E-state index contributed by atoms with van der Waals surface area (Å²) in [7, 11) is 0. The molecule has 3 amide bonds. The van der Waals surface area contributed by atoms with Crippen molar-refractivity contribution >= 4 is 17.7 Å². The number of carbonyl (C=O) groups is 3. The van der Waals surface area contributed by atoms with Crippen LogP contribution in [0.5, 0.6) is 0 Å². The van der Waals surface area contributed by atoms with Crippen molar-refractivity contribution in [1.82, 2.24) is 24.7 Å². The van der Waals surface area contributed by atoms with Gasteiger partial charge in [-0.05, 0) is 63.6 Å². The first kappa shape index (κ1) is 30.7. The first-order valence-corrected chi connectivity index (χ1v) is 15.0. The number of nitrogens with one attached hydrogen (secondary N) is 1. The highest BCUT2D eigenvalue weighted by atomic mass is 19.1. The normalized spacial score (nSPS) is 18.6. The van der Waals surface area contributed by atoms with Crippen LogP contribution in [0.1, 0.15) is 75.3 Å². The fourth-order valence-corrected chi connectivity index (χ4v) is 5.68. The molecule has 0 radical (unpaired) electrons. The summed E-state index contributed by atoms with van der Waals surface area (Å²) in [5.74, 6) is -0.115. The summed E-state index contributed by atoms with van der Waals surface area (Å²) in [6.07, 6.45) is 6.00. The van der Waals surface area contributed by atoms with E-state index in [0.717, 1.165) is 43.6 Å². The van der Waals surface area contributed by atoms with Crippen molar-refractivity contribution in [2.24, 2.45) is 5.92 Å². The highest BCUT2D eigenvalue weighted by Gasteiger charge is 2.38. The van der Waals surface area contributed by atoms with E-state index in [-0.39, 0.29) is 35.5 Å². The van der Waals surface area contributed by atoms with E-state index in [4.69, 9.17) is 4.74 Å². The van der Waals surface area contributed by atoms with Crippen LogP contribution in [0.15, 0.2) is 30.5 Å². The lowest BCUT2D eigenvalue weighted by atomic mass is 10.1. The van der Waals surface area contributed by atoms with E-state index in [9.17, 15) is 18.8 Å². The molecule has 2 aliphatic heterocycles. The molecule has 1 aromatic carbocycles. The maximum absolute atomic E-state index is 13.9. The summed E-state index contributed by atoms with van der Waals surface area (Å²) in [5, 5.41) is 2.95. The molecule has 4 atom stereocenters. The van der Waals surface area contributed by atoms with Crippen LogP contribution < -0.4 is 5.32 Å². The largest absolute Gasteiger partial charge is 0.376 e. The number of amides is 3. The number of imidazole rings is 1. The summed E-state index contributed by atoms with van der Waals surface area (Å²) in [5.41, 5.74) is 1.34. The minimum atomic E-state index is -0.809. The Morgan fingerprint density at radius 1 is 1.15 bits per heavy atom. The Kier molecular flexibility index (Phi) is 10.5. The van der Waals surface area contributed by atoms with Crippen molar-refractivity contribution in [2.45, 2.75) is 91.0 Å². The number of likely N-dealkylation sites (tertiary alicyclic amines) is 1. The number of hydrogen-bond acceptors (Lipinski definition) is 5. The zero-order chi connectivity index (χ0) is 29.5. The second-order valence-electron chi connectivity index (χ2n) is 11.3. The average molecular weight is 570 g/mol. The van der Waals surface area contributed by atoms with Gasteiger partial charge < -0.3 is 24.4 Å². The predicted molar refractivity (Wildman–Crippen MR) is 154 cm³/mol. The fourth-order valence-electron chi connectivity index (χ4n) is 5.68. The molecule has 2 aromatic rings. The molecule has 0 bridgehead atoms. The Balaban J connectivity index is 1.53. The molecule has 1 saturated heterocycles. The van der Waals surface area contributed by atoms with E-state index < -0.39 is 12.1 Å². The second kappa shape index (κ2) is 14.1. The lowest BCUT2D eigenvalue weighted by Gasteiger charge is -2.34. The first-order valence-electron chi connectivity index (χ1n) is 15.0. The summed E-state index contributed by atoms with van der Waals surface area (Å²) in [6, 6.07) is 5.29. The quantitative estimate of drug-likeness (QED) is 0.398. The minimum Gasteiger partial charge on any atom is -0.376 e. The lowest BCUT2D eigenvalue weighted by Crippen LogP contribution is -2.57. The van der Waals surface area contributed by atoms with Crippen molar-refractivity contribution in [3.05, 3.63) is 53.4 Å². The lowest BCUT2D eigenvalue weighted by molar-refractivity contribution is -0.142. The van der Waals surface area contributed by atoms with E-state index in [2.05, 4.69) is 10.3 Å². The van der Waals surface area contributed by atoms with Crippen LogP contribution in [-0.4, -0.2) is 81.5 Å². The van der Waals surface area contributed by atoms with Gasteiger partial charge in [-0.2, -0.15) is 0 Å². The van der Waals surface area contributed by atoms with Crippen molar-refractivity contribution in [2.75, 3.05) is 26.2 Å². The highest BCUT2D eigenvalue weighted by Crippen LogP contribution is 2.23. The number of ether oxygens (including phenoxy) is 1. The zero-order valence-electron chi connectivity index (χ0n) is 24.8. The van der Waals surface area contributed by atoms with Crippen LogP contribution in [0.2, 0.25) is 0 Å². The molecule has 4 rings (SSSR count). The molecular formula is C31H44FN5O4. The van der Waals surface area contributed by atoms with E-state index in [1.807, 2.05) is 43.4 Å². The second-order valence-corrected chi connectivity index (χ2v) is 11.3. The topological polar surface area (TPSA) is 96.8 Å². The molecule has 1 N–H and O–H groups in total. The number of fused-ring (bicyclic) bond motifs is 1. The Morgan fingerprint density at radius 3 is 2.59 bits per heavy atom. The predicted octanol–water partition coefficient (Wildman–Crippen LogP) is 3.60. The number of nitrogens with zero attached hydrogens (tertiary/aromatic N) is 4. The van der Waals surface area contributed by atoms with Crippen LogP contribution in [0.4, 0.5) is 4.39 Å². The molecule has 3 heterocycles. The van der Waals surface area contributed by atoms with Crippen LogP contribution in [0.3, 0.4) is 0 Å². The summed E-state index contributed by atoms with van der Waals surface area (Å²) in [4.78, 5) is 48.7. The van der Waals surface area contributed by atoms with Gasteiger partial charge in [0.1, 0.15) is 23.4 Å². The zero-order valence-corrected chi connectivity index (χ0v) is 24.8. The maximum atomic E-state index is 13.9. The molecule has 0 unspecified atom stereocenters. The van der Waals surface area contributed by atoms with Gasteiger partial charge in [-0.3, -0.25) is 14.4 Å². The summed E-state index contributed by atoms with van der Waals surface area (Å²) >= 11 is 0. The molecule has 1 fully saturated rings. The molecule has 10 heteroatoms. The van der Waals surface area contributed by atoms with Gasteiger partial charge in [-0.1, -0.05) is 26.0 Å². The van der Waals surface area contributed by atoms with Gasteiger partial charge >= 0.3 is 0 Å². The average Bonchev–Trinajstić information content (AvgIpc) is 3.70. The number of hydrogen-bond donors (Lipinski definition) is 1. The number of benzene rings is 1. The van der Waals surface area contributed by atoms with E-state index in [0.29, 0.717) is 44.8 Å². The third kappa shape index (κ3) is 7.52. The van der Waals surface area contributed by atoms with Gasteiger partial charge in [0.25, 0.3) is 5.91 Å². The van der Waals surface area contributed by atoms with Crippen molar-refractivity contribution in [3.8, 4) is 0 Å². The van der Waals surface area contributed by atoms with Gasteiger partial charge in [0.2, 0.25) is 11.8 Å². The standard InChI is InChI=1S/C31H44FN5O4/c1-5-21(3)29(38)34-28(22(4)41-6-2)31(40)37-17-7-9-25(37)19-36(18-15-23-11-13-24(32)14-12-23)30(39)26-20-35-16-8-10-27(35)33-26/h11-14,20-22,25,28H,5-10,15-19H2,1-4H3,(H,34,38)/t21-,22-,25+,28+/m1/s1. The van der Waals surface area contributed by atoms with Gasteiger partial charge in [0.15, 0.2) is 0 Å². The number of carbonyl (C=O) groups excluding carboxylic acids is 3. The summed E-state index contributed by atoms with van der Waals surface area (Å²) < 4.78 is 21.3. The van der Waals surface area contributed by atoms with Crippen molar-refractivity contribution < 1.29 is 23.5 Å². The Labute approximate surface area is 242 Å². The smallest absolute Gasteiger partial charge is 0.274 e. The van der Waals surface area contributed by atoms with Crippen molar-refractivity contribution in [1.29, 1.82) is 0 Å². The number of aryl methyl sites for hydroxylation is 2. The molecular weight excluding hydrogens is 525 g/mol. The summed E-state index contributed by atoms with van der Waals surface area (Å²) in [6.45, 7) is 10.1. The Hall–Kier alpha value is -3.27. The number of halogens is 1. The van der Waals surface area contributed by atoms with E-state index >= 15 is 0 Å². The van der Waals surface area contributed by atoms with Gasteiger partial charge in [-0.25, -0.2) is 9.37 Å². The molecule has 1 aromatic heterocycles. The van der Waals surface area contributed by atoms with Gasteiger partial charge in [0.05, 0.1) is 6.10 Å². The molecule has 41 heavy (non-hydrogen) atoms. The van der Waals surface area contributed by atoms with Crippen LogP contribution in [-0.2, 0) is 33.7 Å². The Bertz CT molecular complexity index is 1180. The molecule has 224 valence electrons. The van der Waals surface area contributed by atoms with Gasteiger partial charge in [-0.15, -0.1) is 0 Å². The molecule has 0 aliphatic carbocycles. The molecule has 0 spiro atoms. The third-order valence-electron chi connectivity index (χ3n) is 8.36. The number of aromatic nitrogens is 2. The van der Waals surface area contributed by atoms with E-state index in [1.165, 1.54) is 12.1 Å². The molecule has 2 aliphatic rings. The first-order chi connectivity index (χ1) is 19.7. The van der Waals surface area contributed by atoms with E-state index in [1.54, 1.807) is 17.0 Å². The highest BCUT2D eigenvalue weighted by molar-refractivity contribution is 5.92. The maximum Gasteiger partial charge on any atom is 0.274 e. The van der Waals surface area contributed by atoms with Crippen LogP contribution >= 0.6 is 0 Å². The molecule has 9 nitrogen and oxygen atoms in total. The fraction of sp³-hybridized carbons (Fsp3) is 0.613. The monoisotopic (exact) mass is 569 g/mol. The van der Waals surface area contributed by atoms with Gasteiger partial charge in [0, 0.05) is 57.4 Å². The van der Waals surface area contributed by atoms with Crippen LogP contribution in [0, 0.1) is 11.7 Å². The molecule has 0 saturated carbocycles. The number of rotatable bonds is 13. The Morgan fingerprint density at radius 2 is 1.90 bits per heavy atom. The van der Waals surface area contributed by atoms with Crippen molar-refractivity contribution in [3.63, 3.8) is 0 Å². The van der Waals surface area contributed by atoms with Crippen LogP contribution in [0.25, 0.3) is 0 Å².